The average Bonchev–Trinajstić information content (AvgIpc) is 3.77. The van der Waals surface area contributed by atoms with Crippen molar-refractivity contribution < 1.29 is 0 Å². The summed E-state index contributed by atoms with van der Waals surface area (Å²) in [5.41, 5.74) is 18.9. The molecule has 1 aromatic heterocycles. The Morgan fingerprint density at radius 2 is 0.842 bits per heavy atom. The Kier molecular flexibility index (Phi) is 7.45. The Bertz CT molecular complexity index is 3040. The predicted molar refractivity (Wildman–Crippen MR) is 230 cm³/mol. The van der Waals surface area contributed by atoms with Crippen LogP contribution < -0.4 is 0 Å². The molecule has 0 bridgehead atoms. The Hall–Kier alpha value is -7.67. The van der Waals surface area contributed by atoms with Gasteiger partial charge in [-0.05, 0) is 91.5 Å². The first-order valence-electron chi connectivity index (χ1n) is 19.3. The van der Waals surface area contributed by atoms with E-state index >= 15 is 0 Å². The van der Waals surface area contributed by atoms with Crippen LogP contribution in [0.3, 0.4) is 0 Å². The molecule has 0 saturated carbocycles. The number of aromatic nitrogens is 2. The Labute approximate surface area is 331 Å². The van der Waals surface area contributed by atoms with E-state index in [0.717, 1.165) is 67.0 Å². The highest BCUT2D eigenvalue weighted by Gasteiger charge is 2.52. The van der Waals surface area contributed by atoms with E-state index in [1.165, 1.54) is 27.8 Å². The van der Waals surface area contributed by atoms with Crippen molar-refractivity contribution in [1.29, 1.82) is 5.26 Å². The van der Waals surface area contributed by atoms with E-state index in [1.54, 1.807) is 0 Å². The average molecular weight is 724 g/mol. The van der Waals surface area contributed by atoms with E-state index in [2.05, 4.69) is 170 Å². The van der Waals surface area contributed by atoms with Crippen LogP contribution >= 0.6 is 0 Å². The summed E-state index contributed by atoms with van der Waals surface area (Å²) in [5.74, 6) is 0.683. The number of nitrogens with zero attached hydrogens (tertiary/aromatic N) is 3. The fourth-order valence-electron chi connectivity index (χ4n) is 9.27. The lowest BCUT2D eigenvalue weighted by Crippen LogP contribution is -2.25. The van der Waals surface area contributed by atoms with Gasteiger partial charge in [-0.15, -0.1) is 0 Å². The summed E-state index contributed by atoms with van der Waals surface area (Å²) < 4.78 is 0. The molecule has 8 aromatic carbocycles. The predicted octanol–water partition coefficient (Wildman–Crippen LogP) is 13.0. The lowest BCUT2D eigenvalue weighted by molar-refractivity contribution is 0.794. The molecule has 0 fully saturated rings. The van der Waals surface area contributed by atoms with Crippen LogP contribution in [0.1, 0.15) is 27.8 Å². The highest BCUT2D eigenvalue weighted by molar-refractivity contribution is 5.97. The van der Waals surface area contributed by atoms with Crippen molar-refractivity contribution in [3.63, 3.8) is 0 Å². The molecule has 0 N–H and O–H groups in total. The van der Waals surface area contributed by atoms with Crippen molar-refractivity contribution in [1.82, 2.24) is 9.97 Å². The molecule has 0 atom stereocenters. The maximum Gasteiger partial charge on any atom is 0.160 e. The van der Waals surface area contributed by atoms with Gasteiger partial charge in [0.05, 0.1) is 28.4 Å². The second-order valence-corrected chi connectivity index (χ2v) is 14.8. The van der Waals surface area contributed by atoms with Gasteiger partial charge in [-0.2, -0.15) is 5.26 Å². The minimum atomic E-state index is -0.543. The molecule has 3 nitrogen and oxygen atoms in total. The summed E-state index contributed by atoms with van der Waals surface area (Å²) in [6.07, 6.45) is 0. The van der Waals surface area contributed by atoms with Crippen LogP contribution in [0.4, 0.5) is 0 Å². The molecule has 1 heterocycles. The van der Waals surface area contributed by atoms with E-state index < -0.39 is 5.41 Å². The molecule has 57 heavy (non-hydrogen) atoms. The van der Waals surface area contributed by atoms with Gasteiger partial charge in [0.15, 0.2) is 5.82 Å². The minimum absolute atomic E-state index is 0.543. The molecular formula is C54H33N3. The standard InChI is InChI=1S/C54H33N3/c55-34-42-22-13-27-48-52(42)45-29-28-39(32-49(45)54(48)46-25-9-7-23-43(46)44-24-8-10-26-47(44)54)38-19-12-21-41(31-38)51-33-50(56-53(57-51)36-16-5-2-6-17-36)40-20-11-18-37(30-40)35-14-3-1-4-15-35/h1-33H. The third-order valence-electron chi connectivity index (χ3n) is 11.7. The number of fused-ring (bicyclic) bond motifs is 10. The summed E-state index contributed by atoms with van der Waals surface area (Å²) in [6.45, 7) is 0. The number of nitriles is 1. The third-order valence-corrected chi connectivity index (χ3v) is 11.7. The molecular weight excluding hydrogens is 691 g/mol. The molecule has 264 valence electrons. The van der Waals surface area contributed by atoms with Gasteiger partial charge < -0.3 is 0 Å². The smallest absolute Gasteiger partial charge is 0.160 e. The van der Waals surface area contributed by atoms with Gasteiger partial charge in [0.1, 0.15) is 0 Å². The lowest BCUT2D eigenvalue weighted by atomic mass is 9.70. The van der Waals surface area contributed by atoms with Crippen molar-refractivity contribution in [2.24, 2.45) is 0 Å². The Morgan fingerprint density at radius 3 is 1.47 bits per heavy atom. The first kappa shape index (κ1) is 32.7. The zero-order chi connectivity index (χ0) is 37.9. The fraction of sp³-hybridized carbons (Fsp3) is 0.0185. The summed E-state index contributed by atoms with van der Waals surface area (Å²) >= 11 is 0. The van der Waals surface area contributed by atoms with Crippen molar-refractivity contribution in [3.05, 3.63) is 228 Å². The van der Waals surface area contributed by atoms with Gasteiger partial charge in [-0.25, -0.2) is 9.97 Å². The lowest BCUT2D eigenvalue weighted by Gasteiger charge is -2.30. The zero-order valence-corrected chi connectivity index (χ0v) is 30.9. The van der Waals surface area contributed by atoms with Gasteiger partial charge in [-0.3, -0.25) is 0 Å². The van der Waals surface area contributed by atoms with Crippen molar-refractivity contribution in [2.45, 2.75) is 5.41 Å². The number of hydrogen-bond acceptors (Lipinski definition) is 3. The van der Waals surface area contributed by atoms with Crippen LogP contribution in [0.15, 0.2) is 200 Å². The zero-order valence-electron chi connectivity index (χ0n) is 30.9. The van der Waals surface area contributed by atoms with Crippen LogP contribution in [0, 0.1) is 11.3 Å². The van der Waals surface area contributed by atoms with Crippen molar-refractivity contribution in [2.75, 3.05) is 0 Å². The molecule has 1 spiro atoms. The highest BCUT2D eigenvalue weighted by atomic mass is 14.9. The quantitative estimate of drug-likeness (QED) is 0.178. The number of hydrogen-bond donors (Lipinski definition) is 0. The second kappa shape index (κ2) is 13.0. The van der Waals surface area contributed by atoms with Crippen LogP contribution in [0.25, 0.3) is 78.4 Å². The van der Waals surface area contributed by atoms with E-state index in [0.29, 0.717) is 11.4 Å². The monoisotopic (exact) mass is 723 g/mol. The molecule has 0 aliphatic heterocycles. The van der Waals surface area contributed by atoms with Crippen LogP contribution in [-0.4, -0.2) is 9.97 Å². The Morgan fingerprint density at radius 1 is 0.351 bits per heavy atom. The molecule has 0 radical (unpaired) electrons. The normalized spacial score (nSPS) is 12.7. The second-order valence-electron chi connectivity index (χ2n) is 14.8. The summed E-state index contributed by atoms with van der Waals surface area (Å²) in [7, 11) is 0. The molecule has 3 heteroatoms. The summed E-state index contributed by atoms with van der Waals surface area (Å²) in [6, 6.07) is 73.1. The first-order valence-corrected chi connectivity index (χ1v) is 19.3. The maximum atomic E-state index is 10.4. The van der Waals surface area contributed by atoms with Crippen molar-refractivity contribution in [3.8, 4) is 84.5 Å². The molecule has 2 aliphatic rings. The van der Waals surface area contributed by atoms with Crippen LogP contribution in [0.2, 0.25) is 0 Å². The summed E-state index contributed by atoms with van der Waals surface area (Å²) in [5, 5.41) is 10.4. The van der Waals surface area contributed by atoms with E-state index in [1.807, 2.05) is 36.4 Å². The van der Waals surface area contributed by atoms with E-state index in [4.69, 9.17) is 9.97 Å². The highest BCUT2D eigenvalue weighted by Crippen LogP contribution is 2.63. The molecule has 11 rings (SSSR count). The number of rotatable bonds is 5. The minimum Gasteiger partial charge on any atom is -0.228 e. The molecule has 2 aliphatic carbocycles. The molecule has 0 unspecified atom stereocenters. The van der Waals surface area contributed by atoms with Crippen molar-refractivity contribution >= 4 is 0 Å². The third kappa shape index (κ3) is 5.05. The Balaban J connectivity index is 1.08. The van der Waals surface area contributed by atoms with Crippen LogP contribution in [-0.2, 0) is 5.41 Å². The van der Waals surface area contributed by atoms with E-state index in [-0.39, 0.29) is 0 Å². The fourth-order valence-corrected chi connectivity index (χ4v) is 9.27. The van der Waals surface area contributed by atoms with Gasteiger partial charge in [-0.1, -0.05) is 170 Å². The van der Waals surface area contributed by atoms with Gasteiger partial charge in [0.2, 0.25) is 0 Å². The van der Waals surface area contributed by atoms with Crippen LogP contribution in [0.5, 0.6) is 0 Å². The van der Waals surface area contributed by atoms with Gasteiger partial charge in [0.25, 0.3) is 0 Å². The molecule has 0 amide bonds. The molecule has 0 saturated heterocycles. The SMILES string of the molecule is N#Cc1cccc2c1-c1ccc(-c3cccc(-c4cc(-c5cccc(-c6ccccc6)c5)nc(-c5ccccc5)n4)c3)cc1C21c2ccccc2-c2ccccc21. The number of benzene rings is 8. The maximum absolute atomic E-state index is 10.4. The topological polar surface area (TPSA) is 49.6 Å². The summed E-state index contributed by atoms with van der Waals surface area (Å²) in [4.78, 5) is 10.3. The molecule has 9 aromatic rings. The first-order chi connectivity index (χ1) is 28.2. The van der Waals surface area contributed by atoms with E-state index in [9.17, 15) is 5.26 Å². The van der Waals surface area contributed by atoms with Gasteiger partial charge in [0, 0.05) is 22.3 Å². The van der Waals surface area contributed by atoms with Gasteiger partial charge >= 0.3 is 0 Å². The largest absolute Gasteiger partial charge is 0.228 e.